The molecule has 2 unspecified atom stereocenters. The number of methoxy groups -OCH3 is 1. The molecule has 2 atom stereocenters. The Balaban J connectivity index is 2.28. The number of nitrogens with one attached hydrogen (secondary N) is 1. The van der Waals surface area contributed by atoms with Crippen molar-refractivity contribution < 1.29 is 13.9 Å². The maximum Gasteiger partial charge on any atom is 0.331 e. The molecular formula is C15H20FNO2. The van der Waals surface area contributed by atoms with Crippen molar-refractivity contribution in [1.82, 2.24) is 0 Å². The number of carbonyl (C=O) groups is 1. The van der Waals surface area contributed by atoms with E-state index < -0.39 is 5.54 Å². The van der Waals surface area contributed by atoms with Gasteiger partial charge in [-0.05, 0) is 30.9 Å². The summed E-state index contributed by atoms with van der Waals surface area (Å²) in [6.07, 6.45) is 3.39. The highest BCUT2D eigenvalue weighted by Crippen LogP contribution is 2.36. The van der Waals surface area contributed by atoms with Crippen molar-refractivity contribution in [3.8, 4) is 0 Å². The molecule has 0 aromatic heterocycles. The second-order valence-corrected chi connectivity index (χ2v) is 5.38. The van der Waals surface area contributed by atoms with Crippen LogP contribution >= 0.6 is 0 Å². The Bertz CT molecular complexity index is 463. The van der Waals surface area contributed by atoms with Crippen LogP contribution in [0.1, 0.15) is 32.6 Å². The van der Waals surface area contributed by atoms with Crippen molar-refractivity contribution >= 4 is 11.7 Å². The Labute approximate surface area is 113 Å². The fourth-order valence-electron chi connectivity index (χ4n) is 2.92. The molecule has 1 fully saturated rings. The molecule has 0 bridgehead atoms. The third-order valence-electron chi connectivity index (χ3n) is 3.82. The average molecular weight is 265 g/mol. The number of anilines is 1. The maximum absolute atomic E-state index is 13.8. The first-order valence-corrected chi connectivity index (χ1v) is 6.68. The molecule has 1 saturated carbocycles. The molecular weight excluding hydrogens is 245 g/mol. The van der Waals surface area contributed by atoms with Gasteiger partial charge in [0.2, 0.25) is 0 Å². The number of hydrogen-bond acceptors (Lipinski definition) is 3. The first-order valence-electron chi connectivity index (χ1n) is 6.68. The minimum absolute atomic E-state index is 0.303. The maximum atomic E-state index is 13.8. The fraction of sp³-hybridized carbons (Fsp3) is 0.533. The van der Waals surface area contributed by atoms with Crippen molar-refractivity contribution in [3.05, 3.63) is 30.1 Å². The molecule has 4 heteroatoms. The third kappa shape index (κ3) is 2.88. The molecule has 0 aliphatic heterocycles. The Morgan fingerprint density at radius 1 is 1.47 bits per heavy atom. The fourth-order valence-corrected chi connectivity index (χ4v) is 2.92. The van der Waals surface area contributed by atoms with Gasteiger partial charge in [-0.15, -0.1) is 0 Å². The zero-order chi connectivity index (χ0) is 13.9. The first-order chi connectivity index (χ1) is 9.07. The summed E-state index contributed by atoms with van der Waals surface area (Å²) in [6.45, 7) is 2.11. The summed E-state index contributed by atoms with van der Waals surface area (Å²) in [4.78, 5) is 12.1. The Hall–Kier alpha value is -1.58. The van der Waals surface area contributed by atoms with Crippen molar-refractivity contribution in [2.45, 2.75) is 38.1 Å². The summed E-state index contributed by atoms with van der Waals surface area (Å²) >= 11 is 0. The zero-order valence-corrected chi connectivity index (χ0v) is 11.4. The average Bonchev–Trinajstić information content (AvgIpc) is 2.40. The highest BCUT2D eigenvalue weighted by atomic mass is 19.1. The van der Waals surface area contributed by atoms with Gasteiger partial charge in [0.25, 0.3) is 0 Å². The van der Waals surface area contributed by atoms with Crippen LogP contribution < -0.4 is 5.32 Å². The largest absolute Gasteiger partial charge is 0.467 e. The van der Waals surface area contributed by atoms with E-state index in [4.69, 9.17) is 4.74 Å². The summed E-state index contributed by atoms with van der Waals surface area (Å²) in [5, 5.41) is 3.09. The molecule has 0 saturated heterocycles. The van der Waals surface area contributed by atoms with E-state index >= 15 is 0 Å². The number of rotatable bonds is 3. The number of halogens is 1. The lowest BCUT2D eigenvalue weighted by Gasteiger charge is -2.38. The van der Waals surface area contributed by atoms with E-state index in [1.165, 1.54) is 13.2 Å². The van der Waals surface area contributed by atoms with Gasteiger partial charge in [0, 0.05) is 0 Å². The van der Waals surface area contributed by atoms with E-state index in [2.05, 4.69) is 12.2 Å². The van der Waals surface area contributed by atoms with Crippen molar-refractivity contribution in [2.24, 2.45) is 5.92 Å². The summed E-state index contributed by atoms with van der Waals surface area (Å²) in [5.41, 5.74) is -0.434. The lowest BCUT2D eigenvalue weighted by molar-refractivity contribution is -0.147. The number of hydrogen-bond donors (Lipinski definition) is 1. The van der Waals surface area contributed by atoms with Crippen LogP contribution in [0.2, 0.25) is 0 Å². The molecule has 0 radical (unpaired) electrons. The number of benzene rings is 1. The molecule has 104 valence electrons. The summed E-state index contributed by atoms with van der Waals surface area (Å²) in [5.74, 6) is -0.224. The molecule has 0 amide bonds. The Kier molecular flexibility index (Phi) is 4.08. The number of ether oxygens (including phenoxy) is 1. The summed E-state index contributed by atoms with van der Waals surface area (Å²) < 4.78 is 18.7. The van der Waals surface area contributed by atoms with E-state index in [-0.39, 0.29) is 11.8 Å². The zero-order valence-electron chi connectivity index (χ0n) is 11.4. The van der Waals surface area contributed by atoms with Gasteiger partial charge in [0.05, 0.1) is 12.8 Å². The molecule has 19 heavy (non-hydrogen) atoms. The summed E-state index contributed by atoms with van der Waals surface area (Å²) in [7, 11) is 1.38. The van der Waals surface area contributed by atoms with Gasteiger partial charge in [-0.1, -0.05) is 31.9 Å². The van der Waals surface area contributed by atoms with Crippen LogP contribution in [0.25, 0.3) is 0 Å². The topological polar surface area (TPSA) is 38.3 Å². The van der Waals surface area contributed by atoms with Crippen LogP contribution in [0.4, 0.5) is 10.1 Å². The van der Waals surface area contributed by atoms with Gasteiger partial charge >= 0.3 is 5.97 Å². The van der Waals surface area contributed by atoms with Gasteiger partial charge in [0.1, 0.15) is 11.4 Å². The van der Waals surface area contributed by atoms with E-state index in [9.17, 15) is 9.18 Å². The Morgan fingerprint density at radius 2 is 2.21 bits per heavy atom. The van der Waals surface area contributed by atoms with Crippen molar-refractivity contribution in [3.63, 3.8) is 0 Å². The highest BCUT2D eigenvalue weighted by Gasteiger charge is 2.43. The van der Waals surface area contributed by atoms with Crippen molar-refractivity contribution in [2.75, 3.05) is 12.4 Å². The van der Waals surface area contributed by atoms with Gasteiger partial charge < -0.3 is 10.1 Å². The molecule has 2 rings (SSSR count). The quantitative estimate of drug-likeness (QED) is 0.852. The predicted octanol–water partition coefficient (Wildman–Crippen LogP) is 3.36. The van der Waals surface area contributed by atoms with E-state index in [0.29, 0.717) is 24.4 Å². The predicted molar refractivity (Wildman–Crippen MR) is 72.4 cm³/mol. The minimum atomic E-state index is -0.797. The lowest BCUT2D eigenvalue weighted by Crippen LogP contribution is -2.50. The molecule has 3 nitrogen and oxygen atoms in total. The highest BCUT2D eigenvalue weighted by molar-refractivity contribution is 5.84. The third-order valence-corrected chi connectivity index (χ3v) is 3.82. The van der Waals surface area contributed by atoms with E-state index in [0.717, 1.165) is 12.8 Å². The monoisotopic (exact) mass is 265 g/mol. The number of para-hydroxylation sites is 1. The van der Waals surface area contributed by atoms with E-state index in [1.807, 2.05) is 0 Å². The minimum Gasteiger partial charge on any atom is -0.467 e. The standard InChI is InChI=1S/C15H20FNO2/c1-11-6-5-9-15(10-11,14(18)19-2)17-13-8-4-3-7-12(13)16/h3-4,7-8,11,17H,5-6,9-10H2,1-2H3. The first kappa shape index (κ1) is 13.8. The normalized spacial score (nSPS) is 26.8. The second-order valence-electron chi connectivity index (χ2n) is 5.38. The van der Waals surface area contributed by atoms with Gasteiger partial charge in [-0.3, -0.25) is 0 Å². The van der Waals surface area contributed by atoms with Crippen molar-refractivity contribution in [1.29, 1.82) is 0 Å². The second kappa shape index (κ2) is 5.59. The number of esters is 1. The molecule has 1 aromatic carbocycles. The van der Waals surface area contributed by atoms with Crippen LogP contribution in [-0.2, 0) is 9.53 Å². The molecule has 1 aromatic rings. The van der Waals surface area contributed by atoms with Crippen LogP contribution in [-0.4, -0.2) is 18.6 Å². The molecule has 0 heterocycles. The molecule has 1 aliphatic carbocycles. The van der Waals surface area contributed by atoms with Crippen LogP contribution in [0, 0.1) is 11.7 Å². The SMILES string of the molecule is COC(=O)C1(Nc2ccccc2F)CCCC(C)C1. The van der Waals surface area contributed by atoms with Gasteiger partial charge in [0.15, 0.2) is 0 Å². The van der Waals surface area contributed by atoms with E-state index in [1.54, 1.807) is 18.2 Å². The molecule has 1 aliphatic rings. The Morgan fingerprint density at radius 3 is 2.84 bits per heavy atom. The van der Waals surface area contributed by atoms with Gasteiger partial charge in [-0.2, -0.15) is 0 Å². The molecule has 0 spiro atoms. The molecule has 1 N–H and O–H groups in total. The van der Waals surface area contributed by atoms with Crippen LogP contribution in [0.15, 0.2) is 24.3 Å². The summed E-state index contributed by atoms with van der Waals surface area (Å²) in [6, 6.07) is 6.43. The lowest BCUT2D eigenvalue weighted by atomic mass is 9.76. The van der Waals surface area contributed by atoms with Crippen LogP contribution in [0.3, 0.4) is 0 Å². The van der Waals surface area contributed by atoms with Gasteiger partial charge in [-0.25, -0.2) is 9.18 Å². The number of carbonyl (C=O) groups excluding carboxylic acids is 1. The van der Waals surface area contributed by atoms with Crippen LogP contribution in [0.5, 0.6) is 0 Å². The smallest absolute Gasteiger partial charge is 0.331 e.